The number of amides is 1. The fourth-order valence-corrected chi connectivity index (χ4v) is 2.09. The van der Waals surface area contributed by atoms with E-state index in [0.29, 0.717) is 0 Å². The van der Waals surface area contributed by atoms with E-state index >= 15 is 0 Å². The lowest BCUT2D eigenvalue weighted by atomic mass is 10.2. The van der Waals surface area contributed by atoms with Crippen molar-refractivity contribution < 1.29 is 16.0 Å². The molecule has 62 valence electrons. The molecule has 1 aliphatic rings. The maximum atomic E-state index is 11.3. The van der Waals surface area contributed by atoms with E-state index in [0.717, 1.165) is 0 Å². The second kappa shape index (κ2) is 2.07. The molecule has 5 heteroatoms. The summed E-state index contributed by atoms with van der Waals surface area (Å²) in [4.78, 5) is 10.7. The lowest BCUT2D eigenvalue weighted by Crippen LogP contribution is -2.20. The minimum atomic E-state index is -3.91. The number of carbonyl (C=O) groups excluding carboxylic acids is 1. The van der Waals surface area contributed by atoms with E-state index in [4.69, 9.17) is 2.74 Å². The summed E-state index contributed by atoms with van der Waals surface area (Å²) in [6, 6.07) is 1.79. The third-order valence-corrected chi connectivity index (χ3v) is 2.82. The molecule has 1 amide bonds. The van der Waals surface area contributed by atoms with Crippen molar-refractivity contribution in [3.8, 4) is 0 Å². The van der Waals surface area contributed by atoms with Crippen LogP contribution < -0.4 is 4.72 Å². The molecule has 1 N–H and O–H groups in total. The lowest BCUT2D eigenvalue weighted by Gasteiger charge is -1.91. The van der Waals surface area contributed by atoms with Gasteiger partial charge in [-0.15, -0.1) is 0 Å². The highest BCUT2D eigenvalue weighted by Gasteiger charge is 2.31. The van der Waals surface area contributed by atoms with Gasteiger partial charge in [-0.2, -0.15) is 0 Å². The molecular formula is C7H5NO3S. The van der Waals surface area contributed by atoms with Crippen LogP contribution in [0.15, 0.2) is 29.1 Å². The molecule has 1 aromatic carbocycles. The molecule has 12 heavy (non-hydrogen) atoms. The maximum absolute atomic E-state index is 11.3. The Bertz CT molecular complexity index is 538. The lowest BCUT2D eigenvalue weighted by molar-refractivity contribution is 0.0985. The third kappa shape index (κ3) is 0.831. The molecule has 1 aromatic rings. The summed E-state index contributed by atoms with van der Waals surface area (Å²) in [6.07, 6.45) is 0. The van der Waals surface area contributed by atoms with Crippen LogP contribution in [-0.2, 0) is 10.0 Å². The van der Waals surface area contributed by atoms with Crippen LogP contribution in [-0.4, -0.2) is 14.3 Å². The van der Waals surface area contributed by atoms with Gasteiger partial charge in [-0.3, -0.25) is 4.79 Å². The van der Waals surface area contributed by atoms with Crippen molar-refractivity contribution in [1.29, 1.82) is 0 Å². The van der Waals surface area contributed by atoms with E-state index in [1.165, 1.54) is 12.1 Å². The zero-order valence-corrected chi connectivity index (χ0v) is 6.60. The predicted octanol–water partition coefficient (Wildman–Crippen LogP) is 0.119. The Morgan fingerprint density at radius 3 is 3.00 bits per heavy atom. The van der Waals surface area contributed by atoms with Gasteiger partial charge < -0.3 is 0 Å². The minimum absolute atomic E-state index is 0.0639. The first-order valence-corrected chi connectivity index (χ1v) is 4.59. The van der Waals surface area contributed by atoms with Crippen LogP contribution in [0.25, 0.3) is 0 Å². The number of sulfonamides is 1. The van der Waals surface area contributed by atoms with Gasteiger partial charge in [0.2, 0.25) is 0 Å². The van der Waals surface area contributed by atoms with Crippen LogP contribution >= 0.6 is 0 Å². The average Bonchev–Trinajstić information content (AvgIpc) is 2.29. The highest BCUT2D eigenvalue weighted by atomic mass is 32.2. The molecule has 0 unspecified atom stereocenters. The Labute approximate surface area is 72.1 Å². The van der Waals surface area contributed by atoms with Crippen LogP contribution in [0.3, 0.4) is 0 Å². The first-order chi connectivity index (χ1) is 6.43. The normalized spacial score (nSPS) is 20.8. The Morgan fingerprint density at radius 2 is 2.25 bits per heavy atom. The van der Waals surface area contributed by atoms with E-state index in [-0.39, 0.29) is 11.6 Å². The zero-order chi connectivity index (χ0) is 10.5. The maximum Gasteiger partial charge on any atom is 0.266 e. The van der Waals surface area contributed by atoms with Crippen LogP contribution in [0.1, 0.15) is 13.1 Å². The quantitative estimate of drug-likeness (QED) is 0.624. The topological polar surface area (TPSA) is 63.2 Å². The van der Waals surface area contributed by atoms with E-state index in [1.807, 2.05) is 0 Å². The van der Waals surface area contributed by atoms with Gasteiger partial charge in [0, 0.05) is 0 Å². The standard InChI is InChI=1S/C7H5NO3S/c9-7-5-3-1-2-4-6(5)12(10,11)8-7/h1-4H,(H,8,9)/i2D,4D. The number of hydrogen-bond acceptors (Lipinski definition) is 3. The molecule has 0 radical (unpaired) electrons. The molecule has 0 atom stereocenters. The molecule has 0 saturated carbocycles. The Hall–Kier alpha value is -1.36. The molecule has 1 heterocycles. The third-order valence-electron chi connectivity index (χ3n) is 1.50. The van der Waals surface area contributed by atoms with Gasteiger partial charge in [0.05, 0.1) is 8.30 Å². The molecule has 0 aliphatic carbocycles. The number of rotatable bonds is 0. The summed E-state index contributed by atoms with van der Waals surface area (Å²) in [5.74, 6) is -0.742. The van der Waals surface area contributed by atoms with Crippen molar-refractivity contribution >= 4 is 15.9 Å². The van der Waals surface area contributed by atoms with Gasteiger partial charge in [0.1, 0.15) is 4.90 Å². The number of fused-ring (bicyclic) bond motifs is 1. The summed E-state index contributed by atoms with van der Waals surface area (Å²) in [5, 5.41) is 0. The van der Waals surface area contributed by atoms with Crippen molar-refractivity contribution in [1.82, 2.24) is 4.72 Å². The first kappa shape index (κ1) is 5.31. The number of nitrogens with one attached hydrogen (secondary N) is 1. The van der Waals surface area contributed by atoms with Crippen LogP contribution in [0.5, 0.6) is 0 Å². The summed E-state index contributed by atoms with van der Waals surface area (Å²) in [6.45, 7) is 0. The molecular weight excluding hydrogens is 178 g/mol. The second-order valence-electron chi connectivity index (χ2n) is 2.28. The summed E-state index contributed by atoms with van der Waals surface area (Å²) < 4.78 is 39.0. The highest BCUT2D eigenvalue weighted by Crippen LogP contribution is 2.20. The molecule has 0 fully saturated rings. The monoisotopic (exact) mass is 185 g/mol. The SMILES string of the molecule is [2H]c1ccc2c(c1[2H])S(=O)(=O)NC2=O. The van der Waals surface area contributed by atoms with Gasteiger partial charge in [0.15, 0.2) is 0 Å². The Kier molecular flexibility index (Phi) is 0.917. The van der Waals surface area contributed by atoms with Gasteiger partial charge in [0.25, 0.3) is 15.9 Å². The summed E-state index contributed by atoms with van der Waals surface area (Å²) in [7, 11) is -3.91. The van der Waals surface area contributed by atoms with E-state index in [9.17, 15) is 13.2 Å². The minimum Gasteiger partial charge on any atom is -0.268 e. The van der Waals surface area contributed by atoms with Gasteiger partial charge in [-0.25, -0.2) is 13.1 Å². The summed E-state index contributed by atoms with van der Waals surface area (Å²) in [5.41, 5.74) is -0.0639. The van der Waals surface area contributed by atoms with E-state index in [1.54, 1.807) is 4.72 Å². The molecule has 0 bridgehead atoms. The number of carbonyl (C=O) groups is 1. The predicted molar refractivity (Wildman–Crippen MR) is 41.1 cm³/mol. The van der Waals surface area contributed by atoms with Crippen molar-refractivity contribution in [3.05, 3.63) is 29.8 Å². The number of hydrogen-bond donors (Lipinski definition) is 1. The van der Waals surface area contributed by atoms with Crippen molar-refractivity contribution in [3.63, 3.8) is 0 Å². The van der Waals surface area contributed by atoms with Crippen LogP contribution in [0.2, 0.25) is 0 Å². The molecule has 1 aliphatic heterocycles. The van der Waals surface area contributed by atoms with Crippen molar-refractivity contribution in [2.75, 3.05) is 0 Å². The second-order valence-corrected chi connectivity index (χ2v) is 3.90. The Balaban J connectivity index is 2.91. The highest BCUT2D eigenvalue weighted by molar-refractivity contribution is 7.90. The fraction of sp³-hybridized carbons (Fsp3) is 0. The van der Waals surface area contributed by atoms with Gasteiger partial charge in [-0.05, 0) is 12.1 Å². The fourth-order valence-electron chi connectivity index (χ4n) is 0.994. The average molecular weight is 185 g/mol. The van der Waals surface area contributed by atoms with Crippen LogP contribution in [0, 0.1) is 0 Å². The van der Waals surface area contributed by atoms with E-state index in [2.05, 4.69) is 0 Å². The van der Waals surface area contributed by atoms with E-state index < -0.39 is 26.9 Å². The zero-order valence-electron chi connectivity index (χ0n) is 7.79. The molecule has 0 saturated heterocycles. The molecule has 2 rings (SSSR count). The van der Waals surface area contributed by atoms with Crippen molar-refractivity contribution in [2.24, 2.45) is 0 Å². The van der Waals surface area contributed by atoms with Crippen LogP contribution in [0.4, 0.5) is 0 Å². The molecule has 0 spiro atoms. The van der Waals surface area contributed by atoms with Crippen molar-refractivity contribution in [2.45, 2.75) is 4.90 Å². The summed E-state index contributed by atoms with van der Waals surface area (Å²) >= 11 is 0. The van der Waals surface area contributed by atoms with Gasteiger partial charge >= 0.3 is 0 Å². The first-order valence-electron chi connectivity index (χ1n) is 4.11. The largest absolute Gasteiger partial charge is 0.268 e. The van der Waals surface area contributed by atoms with Gasteiger partial charge in [-0.1, -0.05) is 12.1 Å². The smallest absolute Gasteiger partial charge is 0.266 e. The molecule has 4 nitrogen and oxygen atoms in total. The Morgan fingerprint density at radius 1 is 1.50 bits per heavy atom. The number of benzene rings is 1. The molecule has 0 aromatic heterocycles.